The highest BCUT2D eigenvalue weighted by molar-refractivity contribution is 6.08. The summed E-state index contributed by atoms with van der Waals surface area (Å²) in [6.07, 6.45) is -5.51. The van der Waals surface area contributed by atoms with Crippen LogP contribution in [0.4, 0.5) is 17.6 Å². The molecule has 0 aliphatic carbocycles. The first-order valence-corrected chi connectivity index (χ1v) is 13.2. The van der Waals surface area contributed by atoms with Crippen molar-refractivity contribution in [1.82, 2.24) is 15.1 Å². The standard InChI is InChI=1S/C29H35F4N3O4/c1-27(2,3)36-12-10-35(11-13-36)25(37)18-7-9-22-20(14-18)19-8-6-17(15-23(19)40-22)24(29(31,32)33)34-21(26(38)39)16-28(4,5)30/h6-9,14-15,21,24,34H,10-13,16H2,1-5H3,(H,38,39)/t21?,24-/m0/s1. The smallest absolute Gasteiger partial charge is 0.407 e. The molecule has 0 bridgehead atoms. The minimum Gasteiger partial charge on any atom is -0.480 e. The highest BCUT2D eigenvalue weighted by Crippen LogP contribution is 2.37. The van der Waals surface area contributed by atoms with E-state index in [0.29, 0.717) is 35.0 Å². The van der Waals surface area contributed by atoms with Crippen LogP contribution in [0.3, 0.4) is 0 Å². The number of carboxylic acids is 1. The van der Waals surface area contributed by atoms with E-state index in [-0.39, 0.29) is 22.6 Å². The Bertz CT molecular complexity index is 1400. The van der Waals surface area contributed by atoms with Crippen molar-refractivity contribution >= 4 is 33.8 Å². The molecule has 218 valence electrons. The number of carbonyl (C=O) groups excluding carboxylic acids is 1. The Morgan fingerprint density at radius 1 is 0.925 bits per heavy atom. The molecule has 2 heterocycles. The maximum Gasteiger partial charge on any atom is 0.407 e. The van der Waals surface area contributed by atoms with Crippen LogP contribution in [0, 0.1) is 0 Å². The second kappa shape index (κ2) is 10.7. The first kappa shape index (κ1) is 29.8. The molecular weight excluding hydrogens is 530 g/mol. The number of carboxylic acid groups (broad SMARTS) is 1. The quantitative estimate of drug-likeness (QED) is 0.346. The lowest BCUT2D eigenvalue weighted by atomic mass is 9.97. The van der Waals surface area contributed by atoms with Crippen LogP contribution in [-0.2, 0) is 4.79 Å². The summed E-state index contributed by atoms with van der Waals surface area (Å²) in [7, 11) is 0. The van der Waals surface area contributed by atoms with E-state index >= 15 is 0 Å². The van der Waals surface area contributed by atoms with Crippen molar-refractivity contribution in [2.24, 2.45) is 0 Å². The zero-order chi connectivity index (χ0) is 29.6. The van der Waals surface area contributed by atoms with Crippen LogP contribution in [0.25, 0.3) is 21.9 Å². The van der Waals surface area contributed by atoms with Gasteiger partial charge in [-0.15, -0.1) is 0 Å². The van der Waals surface area contributed by atoms with Gasteiger partial charge in [0.1, 0.15) is 28.9 Å². The SMILES string of the molecule is CC(C)(F)CC(N[C@@H](c1ccc2c(c1)oc1ccc(C(=O)N3CCN(C(C)(C)C)CC3)cc12)C(F)(F)F)C(=O)O. The van der Waals surface area contributed by atoms with E-state index < -0.39 is 36.3 Å². The first-order valence-electron chi connectivity index (χ1n) is 13.2. The van der Waals surface area contributed by atoms with Crippen molar-refractivity contribution in [3.63, 3.8) is 0 Å². The van der Waals surface area contributed by atoms with E-state index in [4.69, 9.17) is 4.42 Å². The molecule has 2 atom stereocenters. The Morgan fingerprint density at radius 2 is 1.57 bits per heavy atom. The van der Waals surface area contributed by atoms with Crippen molar-refractivity contribution in [1.29, 1.82) is 0 Å². The molecule has 1 aliphatic rings. The fourth-order valence-electron chi connectivity index (χ4n) is 5.15. The van der Waals surface area contributed by atoms with E-state index in [1.807, 2.05) is 0 Å². The number of rotatable bonds is 7. The Hall–Kier alpha value is -3.18. The number of aliphatic carboxylic acids is 1. The number of piperazine rings is 1. The van der Waals surface area contributed by atoms with Crippen LogP contribution in [0.5, 0.6) is 0 Å². The molecule has 2 N–H and O–H groups in total. The van der Waals surface area contributed by atoms with E-state index in [1.54, 1.807) is 23.1 Å². The van der Waals surface area contributed by atoms with Crippen LogP contribution in [0.15, 0.2) is 40.8 Å². The topological polar surface area (TPSA) is 86.0 Å². The highest BCUT2D eigenvalue weighted by atomic mass is 19.4. The number of alkyl halides is 4. The van der Waals surface area contributed by atoms with Gasteiger partial charge in [0.2, 0.25) is 0 Å². The number of furan rings is 1. The van der Waals surface area contributed by atoms with Crippen LogP contribution >= 0.6 is 0 Å². The number of nitrogens with one attached hydrogen (secondary N) is 1. The highest BCUT2D eigenvalue weighted by Gasteiger charge is 2.44. The largest absolute Gasteiger partial charge is 0.480 e. The minimum atomic E-state index is -4.86. The van der Waals surface area contributed by atoms with E-state index in [0.717, 1.165) is 26.9 Å². The Labute approximate surface area is 230 Å². The molecule has 0 radical (unpaired) electrons. The molecule has 1 aliphatic heterocycles. The molecular formula is C29H35F4N3O4. The van der Waals surface area contributed by atoms with Gasteiger partial charge < -0.3 is 14.4 Å². The van der Waals surface area contributed by atoms with Crippen molar-refractivity contribution in [3.05, 3.63) is 47.5 Å². The molecule has 1 fully saturated rings. The lowest BCUT2D eigenvalue weighted by molar-refractivity contribution is -0.164. The number of hydrogen-bond donors (Lipinski definition) is 2. The minimum absolute atomic E-state index is 0.0155. The molecule has 1 amide bonds. The summed E-state index contributed by atoms with van der Waals surface area (Å²) in [6, 6.07) is 4.71. The van der Waals surface area contributed by atoms with E-state index in [9.17, 15) is 32.3 Å². The third-order valence-electron chi connectivity index (χ3n) is 7.27. The van der Waals surface area contributed by atoms with Gasteiger partial charge in [0, 0.05) is 54.5 Å². The number of halogens is 4. The number of amides is 1. The number of fused-ring (bicyclic) bond motifs is 3. The summed E-state index contributed by atoms with van der Waals surface area (Å²) in [5.41, 5.74) is -1.23. The maximum atomic E-state index is 14.1. The van der Waals surface area contributed by atoms with Gasteiger partial charge in [-0.05, 0) is 64.4 Å². The summed E-state index contributed by atoms with van der Waals surface area (Å²) in [4.78, 5) is 29.0. The van der Waals surface area contributed by atoms with Gasteiger partial charge in [-0.2, -0.15) is 13.2 Å². The molecule has 1 saturated heterocycles. The predicted octanol–water partition coefficient (Wildman–Crippen LogP) is 5.93. The van der Waals surface area contributed by atoms with Gasteiger partial charge in [0.05, 0.1) is 0 Å². The Morgan fingerprint density at radius 3 is 2.12 bits per heavy atom. The molecule has 1 aromatic heterocycles. The van der Waals surface area contributed by atoms with Crippen LogP contribution in [0.1, 0.15) is 63.0 Å². The number of nitrogens with zero attached hydrogens (tertiary/aromatic N) is 2. The fraction of sp³-hybridized carbons (Fsp3) is 0.517. The third-order valence-corrected chi connectivity index (χ3v) is 7.27. The lowest BCUT2D eigenvalue weighted by Crippen LogP contribution is -2.54. The molecule has 2 aromatic carbocycles. The van der Waals surface area contributed by atoms with Crippen molar-refractivity contribution in [2.45, 2.75) is 70.5 Å². The summed E-state index contributed by atoms with van der Waals surface area (Å²) in [6.45, 7) is 11.3. The maximum absolute atomic E-state index is 14.1. The lowest BCUT2D eigenvalue weighted by Gasteiger charge is -2.42. The van der Waals surface area contributed by atoms with Gasteiger partial charge in [-0.3, -0.25) is 19.8 Å². The van der Waals surface area contributed by atoms with Crippen molar-refractivity contribution in [3.8, 4) is 0 Å². The molecule has 0 saturated carbocycles. The Balaban J connectivity index is 1.62. The normalized spacial score (nSPS) is 17.4. The van der Waals surface area contributed by atoms with E-state index in [2.05, 4.69) is 31.0 Å². The molecule has 11 heteroatoms. The van der Waals surface area contributed by atoms with Gasteiger partial charge in [-0.25, -0.2) is 4.39 Å². The molecule has 7 nitrogen and oxygen atoms in total. The predicted molar refractivity (Wildman–Crippen MR) is 144 cm³/mol. The second-order valence-corrected chi connectivity index (χ2v) is 12.0. The third kappa shape index (κ3) is 6.58. The average Bonchev–Trinajstić information content (AvgIpc) is 3.21. The monoisotopic (exact) mass is 565 g/mol. The average molecular weight is 566 g/mol. The van der Waals surface area contributed by atoms with Gasteiger partial charge in [0.25, 0.3) is 5.91 Å². The van der Waals surface area contributed by atoms with Gasteiger partial charge in [0.15, 0.2) is 0 Å². The van der Waals surface area contributed by atoms with Gasteiger partial charge in [-0.1, -0.05) is 12.1 Å². The molecule has 1 unspecified atom stereocenters. The number of hydrogen-bond acceptors (Lipinski definition) is 5. The number of carbonyl (C=O) groups is 2. The fourth-order valence-corrected chi connectivity index (χ4v) is 5.15. The zero-order valence-electron chi connectivity index (χ0n) is 23.2. The van der Waals surface area contributed by atoms with Crippen LogP contribution < -0.4 is 5.32 Å². The van der Waals surface area contributed by atoms with Crippen LogP contribution in [0.2, 0.25) is 0 Å². The summed E-state index contributed by atoms with van der Waals surface area (Å²) in [5.74, 6) is -1.71. The van der Waals surface area contributed by atoms with Crippen LogP contribution in [-0.4, -0.2) is 76.4 Å². The second-order valence-electron chi connectivity index (χ2n) is 12.0. The molecule has 40 heavy (non-hydrogen) atoms. The summed E-state index contributed by atoms with van der Waals surface area (Å²) in [5, 5.41) is 12.6. The molecule has 4 rings (SSSR count). The summed E-state index contributed by atoms with van der Waals surface area (Å²) < 4.78 is 62.1. The van der Waals surface area contributed by atoms with Crippen molar-refractivity contribution < 1.29 is 36.7 Å². The Kier molecular flexibility index (Phi) is 7.94. The summed E-state index contributed by atoms with van der Waals surface area (Å²) >= 11 is 0. The first-order chi connectivity index (χ1) is 18.4. The molecule has 3 aromatic rings. The van der Waals surface area contributed by atoms with Crippen molar-refractivity contribution in [2.75, 3.05) is 26.2 Å². The zero-order valence-corrected chi connectivity index (χ0v) is 23.2. The van der Waals surface area contributed by atoms with E-state index in [1.165, 1.54) is 18.2 Å². The molecule has 0 spiro atoms. The van der Waals surface area contributed by atoms with Gasteiger partial charge >= 0.3 is 12.1 Å². The number of benzene rings is 2.